The molecular formula is C8H13N. The lowest BCUT2D eigenvalue weighted by atomic mass is 9.66. The molecule has 0 heterocycles. The summed E-state index contributed by atoms with van der Waals surface area (Å²) in [6.45, 7) is 0. The highest BCUT2D eigenvalue weighted by atomic mass is 14.7. The van der Waals surface area contributed by atoms with Gasteiger partial charge in [-0.25, -0.2) is 0 Å². The maximum Gasteiger partial charge on any atom is 0.0255 e. The maximum absolute atomic E-state index is 5.83. The maximum atomic E-state index is 5.83. The molecule has 0 aromatic rings. The summed E-state index contributed by atoms with van der Waals surface area (Å²) >= 11 is 0. The Balaban J connectivity index is 2.11. The van der Waals surface area contributed by atoms with Crippen LogP contribution in [0.15, 0.2) is 12.2 Å². The van der Waals surface area contributed by atoms with Gasteiger partial charge in [0.1, 0.15) is 0 Å². The van der Waals surface area contributed by atoms with Crippen molar-refractivity contribution in [2.75, 3.05) is 0 Å². The van der Waals surface area contributed by atoms with Crippen LogP contribution < -0.4 is 5.73 Å². The van der Waals surface area contributed by atoms with Crippen molar-refractivity contribution in [3.63, 3.8) is 0 Å². The van der Waals surface area contributed by atoms with Crippen LogP contribution in [0.2, 0.25) is 0 Å². The van der Waals surface area contributed by atoms with Gasteiger partial charge >= 0.3 is 0 Å². The zero-order valence-corrected chi connectivity index (χ0v) is 5.59. The molecule has 1 heteroatoms. The minimum absolute atomic E-state index is 0.387. The molecule has 0 radical (unpaired) electrons. The Hall–Kier alpha value is -0.300. The van der Waals surface area contributed by atoms with Gasteiger partial charge in [0.2, 0.25) is 0 Å². The molecular weight excluding hydrogens is 110 g/mol. The summed E-state index contributed by atoms with van der Waals surface area (Å²) < 4.78 is 0. The molecule has 50 valence electrons. The zero-order chi connectivity index (χ0) is 6.27. The molecule has 3 unspecified atom stereocenters. The van der Waals surface area contributed by atoms with Crippen molar-refractivity contribution in [1.29, 1.82) is 0 Å². The number of fused-ring (bicyclic) bond motifs is 1. The van der Waals surface area contributed by atoms with Crippen molar-refractivity contribution in [3.05, 3.63) is 12.2 Å². The average Bonchev–Trinajstić information content (AvgIpc) is 1.74. The van der Waals surface area contributed by atoms with E-state index in [0.717, 1.165) is 11.8 Å². The van der Waals surface area contributed by atoms with Crippen LogP contribution in [-0.4, -0.2) is 6.04 Å². The lowest BCUT2D eigenvalue weighted by Crippen LogP contribution is -2.41. The third kappa shape index (κ3) is 0.715. The quantitative estimate of drug-likeness (QED) is 0.483. The zero-order valence-electron chi connectivity index (χ0n) is 5.59. The molecule has 2 N–H and O–H groups in total. The molecule has 9 heavy (non-hydrogen) atoms. The third-order valence-corrected chi connectivity index (χ3v) is 2.77. The lowest BCUT2D eigenvalue weighted by Gasteiger charge is -2.41. The molecule has 0 spiro atoms. The van der Waals surface area contributed by atoms with Gasteiger partial charge in [-0.2, -0.15) is 0 Å². The van der Waals surface area contributed by atoms with E-state index in [1.807, 2.05) is 0 Å². The first-order valence-corrected chi connectivity index (χ1v) is 3.80. The highest BCUT2D eigenvalue weighted by Crippen LogP contribution is 2.41. The predicted molar refractivity (Wildman–Crippen MR) is 37.9 cm³/mol. The van der Waals surface area contributed by atoms with Gasteiger partial charge in [-0.05, 0) is 31.1 Å². The smallest absolute Gasteiger partial charge is 0.0255 e. The summed E-state index contributed by atoms with van der Waals surface area (Å²) in [5.41, 5.74) is 5.83. The molecule has 0 aliphatic heterocycles. The summed E-state index contributed by atoms with van der Waals surface area (Å²) in [7, 11) is 0. The second-order valence-corrected chi connectivity index (χ2v) is 3.24. The normalized spacial score (nSPS) is 47.9. The van der Waals surface area contributed by atoms with Crippen LogP contribution in [0.25, 0.3) is 0 Å². The van der Waals surface area contributed by atoms with Crippen LogP contribution in [0.5, 0.6) is 0 Å². The average molecular weight is 123 g/mol. The third-order valence-electron chi connectivity index (χ3n) is 2.77. The largest absolute Gasteiger partial charge is 0.324 e. The van der Waals surface area contributed by atoms with Crippen LogP contribution >= 0.6 is 0 Å². The Morgan fingerprint density at radius 1 is 1.33 bits per heavy atom. The second-order valence-electron chi connectivity index (χ2n) is 3.24. The van der Waals surface area contributed by atoms with E-state index in [9.17, 15) is 0 Å². The summed E-state index contributed by atoms with van der Waals surface area (Å²) in [5, 5.41) is 0. The van der Waals surface area contributed by atoms with Gasteiger partial charge in [0.05, 0.1) is 0 Å². The fourth-order valence-electron chi connectivity index (χ4n) is 1.95. The van der Waals surface area contributed by atoms with Crippen LogP contribution in [0.1, 0.15) is 19.3 Å². The summed E-state index contributed by atoms with van der Waals surface area (Å²) in [6, 6.07) is 0.387. The molecule has 0 saturated heterocycles. The molecule has 0 aromatic heterocycles. The van der Waals surface area contributed by atoms with Gasteiger partial charge in [-0.15, -0.1) is 0 Å². The van der Waals surface area contributed by atoms with E-state index in [4.69, 9.17) is 5.73 Å². The van der Waals surface area contributed by atoms with Gasteiger partial charge in [0.25, 0.3) is 0 Å². The van der Waals surface area contributed by atoms with Crippen molar-refractivity contribution in [3.8, 4) is 0 Å². The standard InChI is InChI=1S/C8H13N/c9-8-3-1-2-6-4-5-7(6)8/h1,3,6-8H,2,4-5,9H2. The van der Waals surface area contributed by atoms with E-state index >= 15 is 0 Å². The van der Waals surface area contributed by atoms with E-state index in [0.29, 0.717) is 6.04 Å². The summed E-state index contributed by atoms with van der Waals surface area (Å²) in [5.74, 6) is 1.79. The molecule has 2 aliphatic rings. The van der Waals surface area contributed by atoms with Crippen molar-refractivity contribution in [2.45, 2.75) is 25.3 Å². The molecule has 2 rings (SSSR count). The SMILES string of the molecule is NC1C=CCC2CCC12. The molecule has 0 amide bonds. The van der Waals surface area contributed by atoms with Crippen molar-refractivity contribution < 1.29 is 0 Å². The number of rotatable bonds is 0. The fourth-order valence-corrected chi connectivity index (χ4v) is 1.95. The minimum atomic E-state index is 0.387. The van der Waals surface area contributed by atoms with Gasteiger partial charge in [-0.3, -0.25) is 0 Å². The molecule has 1 fully saturated rings. The Kier molecular flexibility index (Phi) is 1.12. The molecule has 1 saturated carbocycles. The molecule has 1 nitrogen and oxygen atoms in total. The number of nitrogens with two attached hydrogens (primary N) is 1. The minimum Gasteiger partial charge on any atom is -0.324 e. The highest BCUT2D eigenvalue weighted by molar-refractivity contribution is 5.06. The topological polar surface area (TPSA) is 26.0 Å². The fraction of sp³-hybridized carbons (Fsp3) is 0.750. The first-order valence-electron chi connectivity index (χ1n) is 3.80. The first-order chi connectivity index (χ1) is 4.38. The van der Waals surface area contributed by atoms with E-state index in [-0.39, 0.29) is 0 Å². The van der Waals surface area contributed by atoms with E-state index in [1.165, 1.54) is 19.3 Å². The van der Waals surface area contributed by atoms with Crippen LogP contribution in [0.4, 0.5) is 0 Å². The van der Waals surface area contributed by atoms with Crippen molar-refractivity contribution in [1.82, 2.24) is 0 Å². The molecule has 0 aromatic carbocycles. The monoisotopic (exact) mass is 123 g/mol. The Morgan fingerprint density at radius 2 is 2.22 bits per heavy atom. The van der Waals surface area contributed by atoms with Gasteiger partial charge in [-0.1, -0.05) is 12.2 Å². The Morgan fingerprint density at radius 3 is 2.67 bits per heavy atom. The Labute approximate surface area is 55.9 Å². The van der Waals surface area contributed by atoms with E-state index in [2.05, 4.69) is 12.2 Å². The predicted octanol–water partition coefficient (Wildman–Crippen LogP) is 1.30. The molecule has 2 aliphatic carbocycles. The van der Waals surface area contributed by atoms with E-state index < -0.39 is 0 Å². The van der Waals surface area contributed by atoms with Crippen LogP contribution in [-0.2, 0) is 0 Å². The van der Waals surface area contributed by atoms with Gasteiger partial charge in [0.15, 0.2) is 0 Å². The first kappa shape index (κ1) is 5.48. The van der Waals surface area contributed by atoms with Crippen LogP contribution in [0.3, 0.4) is 0 Å². The summed E-state index contributed by atoms with van der Waals surface area (Å²) in [4.78, 5) is 0. The highest BCUT2D eigenvalue weighted by Gasteiger charge is 2.35. The van der Waals surface area contributed by atoms with Crippen molar-refractivity contribution in [2.24, 2.45) is 17.6 Å². The summed E-state index contributed by atoms with van der Waals surface area (Å²) in [6.07, 6.45) is 8.49. The number of hydrogen-bond donors (Lipinski definition) is 1. The van der Waals surface area contributed by atoms with Crippen LogP contribution in [0, 0.1) is 11.8 Å². The molecule has 3 atom stereocenters. The lowest BCUT2D eigenvalue weighted by molar-refractivity contribution is 0.152. The number of allylic oxidation sites excluding steroid dienone is 1. The van der Waals surface area contributed by atoms with Gasteiger partial charge < -0.3 is 5.73 Å². The van der Waals surface area contributed by atoms with Gasteiger partial charge in [0, 0.05) is 6.04 Å². The Bertz CT molecular complexity index is 140. The van der Waals surface area contributed by atoms with E-state index in [1.54, 1.807) is 0 Å². The number of hydrogen-bond acceptors (Lipinski definition) is 1. The van der Waals surface area contributed by atoms with Crippen molar-refractivity contribution >= 4 is 0 Å². The second kappa shape index (κ2) is 1.84. The molecule has 0 bridgehead atoms.